The van der Waals surface area contributed by atoms with Crippen LogP contribution >= 0.6 is 0 Å². The molecule has 102 valence electrons. The molecular weight excluding hydrogens is 250 g/mol. The first-order valence-electron chi connectivity index (χ1n) is 7.13. The molecule has 6 heteroatoms. The fourth-order valence-electron chi connectivity index (χ4n) is 3.42. The second kappa shape index (κ2) is 4.79. The molecule has 0 aromatic rings. The van der Waals surface area contributed by atoms with Crippen molar-refractivity contribution < 1.29 is 8.42 Å². The van der Waals surface area contributed by atoms with Crippen LogP contribution in [0.15, 0.2) is 10.3 Å². The zero-order valence-electron chi connectivity index (χ0n) is 10.7. The van der Waals surface area contributed by atoms with Gasteiger partial charge in [0.2, 0.25) is 0 Å². The Balaban J connectivity index is 1.79. The molecule has 3 aliphatic rings. The molecule has 0 unspecified atom stereocenters. The maximum atomic E-state index is 12.6. The molecule has 2 saturated carbocycles. The van der Waals surface area contributed by atoms with Gasteiger partial charge in [0.15, 0.2) is 0 Å². The van der Waals surface area contributed by atoms with Crippen molar-refractivity contribution in [2.24, 2.45) is 10.3 Å². The van der Waals surface area contributed by atoms with Crippen LogP contribution in [0.1, 0.15) is 57.8 Å². The van der Waals surface area contributed by atoms with Crippen molar-refractivity contribution in [1.29, 1.82) is 0 Å². The van der Waals surface area contributed by atoms with E-state index in [4.69, 9.17) is 0 Å². The van der Waals surface area contributed by atoms with Gasteiger partial charge in [-0.2, -0.15) is 9.53 Å². The standard InChI is InChI=1S/C12H21N3O2S/c16-18(17,10-6-2-1-3-7-10)15-12-9-5-4-8-11(12)13-14-15/h10-12H,1-9H2/t11-,12-/m1/s1. The van der Waals surface area contributed by atoms with Crippen molar-refractivity contribution >= 4 is 10.0 Å². The molecule has 0 bridgehead atoms. The van der Waals surface area contributed by atoms with Gasteiger partial charge in [-0.3, -0.25) is 0 Å². The summed E-state index contributed by atoms with van der Waals surface area (Å²) in [6, 6.07) is 0.141. The molecule has 2 atom stereocenters. The summed E-state index contributed by atoms with van der Waals surface area (Å²) in [6.07, 6.45) is 8.98. The summed E-state index contributed by atoms with van der Waals surface area (Å²) in [7, 11) is -3.26. The summed E-state index contributed by atoms with van der Waals surface area (Å²) < 4.78 is 26.6. The van der Waals surface area contributed by atoms with Gasteiger partial charge in [0.1, 0.15) is 0 Å². The molecular formula is C12H21N3O2S. The maximum absolute atomic E-state index is 12.6. The van der Waals surface area contributed by atoms with E-state index in [1.807, 2.05) is 0 Å². The number of sulfonamides is 1. The Bertz CT molecular complexity index is 429. The lowest BCUT2D eigenvalue weighted by Crippen LogP contribution is -2.44. The van der Waals surface area contributed by atoms with Gasteiger partial charge in [0.25, 0.3) is 10.0 Å². The molecule has 0 amide bonds. The Hall–Kier alpha value is -0.650. The molecule has 0 N–H and O–H groups in total. The molecule has 0 aromatic heterocycles. The molecule has 5 nitrogen and oxygen atoms in total. The van der Waals surface area contributed by atoms with E-state index < -0.39 is 10.0 Å². The second-order valence-electron chi connectivity index (χ2n) is 5.70. The molecule has 0 saturated heterocycles. The normalized spacial score (nSPS) is 33.7. The minimum atomic E-state index is -3.26. The smallest absolute Gasteiger partial charge is 0.205 e. The predicted molar refractivity (Wildman–Crippen MR) is 68.5 cm³/mol. The van der Waals surface area contributed by atoms with E-state index in [-0.39, 0.29) is 17.3 Å². The number of fused-ring (bicyclic) bond motifs is 1. The average Bonchev–Trinajstić information content (AvgIpc) is 2.84. The first-order valence-corrected chi connectivity index (χ1v) is 8.64. The van der Waals surface area contributed by atoms with Crippen LogP contribution in [0, 0.1) is 0 Å². The number of rotatable bonds is 2. The molecule has 0 radical (unpaired) electrons. The van der Waals surface area contributed by atoms with Gasteiger partial charge in [-0.05, 0) is 25.7 Å². The van der Waals surface area contributed by atoms with Crippen molar-refractivity contribution in [3.8, 4) is 0 Å². The number of nitrogens with zero attached hydrogens (tertiary/aromatic N) is 3. The summed E-state index contributed by atoms with van der Waals surface area (Å²) in [5, 5.41) is 7.95. The lowest BCUT2D eigenvalue weighted by atomic mass is 9.92. The van der Waals surface area contributed by atoms with Crippen molar-refractivity contribution in [2.45, 2.75) is 75.1 Å². The minimum Gasteiger partial charge on any atom is -0.205 e. The maximum Gasteiger partial charge on any atom is 0.254 e. The molecule has 0 spiro atoms. The first kappa shape index (κ1) is 12.4. The van der Waals surface area contributed by atoms with Crippen LogP contribution in [-0.4, -0.2) is 30.2 Å². The Morgan fingerprint density at radius 3 is 2.33 bits per heavy atom. The van der Waals surface area contributed by atoms with Gasteiger partial charge in [-0.1, -0.05) is 37.3 Å². The lowest BCUT2D eigenvalue weighted by Gasteiger charge is -2.32. The molecule has 2 fully saturated rings. The topological polar surface area (TPSA) is 62.1 Å². The van der Waals surface area contributed by atoms with Crippen LogP contribution in [-0.2, 0) is 10.0 Å². The summed E-state index contributed by atoms with van der Waals surface area (Å²) in [6.45, 7) is 0. The van der Waals surface area contributed by atoms with Crippen LogP contribution in [0.25, 0.3) is 0 Å². The van der Waals surface area contributed by atoms with E-state index in [1.165, 1.54) is 10.8 Å². The summed E-state index contributed by atoms with van der Waals surface area (Å²) in [5.74, 6) is 0. The molecule has 2 aliphatic carbocycles. The Morgan fingerprint density at radius 2 is 1.56 bits per heavy atom. The largest absolute Gasteiger partial charge is 0.254 e. The van der Waals surface area contributed by atoms with Crippen molar-refractivity contribution in [1.82, 2.24) is 4.41 Å². The summed E-state index contributed by atoms with van der Waals surface area (Å²) in [5.41, 5.74) is 0. The number of hydrogen-bond donors (Lipinski definition) is 0. The van der Waals surface area contributed by atoms with Gasteiger partial charge in [-0.25, -0.2) is 8.42 Å². The third kappa shape index (κ3) is 2.04. The highest BCUT2D eigenvalue weighted by Crippen LogP contribution is 2.36. The highest BCUT2D eigenvalue weighted by Gasteiger charge is 2.44. The Morgan fingerprint density at radius 1 is 0.889 bits per heavy atom. The van der Waals surface area contributed by atoms with E-state index >= 15 is 0 Å². The van der Waals surface area contributed by atoms with Gasteiger partial charge in [-0.15, -0.1) is 0 Å². The molecule has 3 rings (SSSR count). The van der Waals surface area contributed by atoms with Gasteiger partial charge >= 0.3 is 0 Å². The van der Waals surface area contributed by atoms with Crippen LogP contribution < -0.4 is 0 Å². The monoisotopic (exact) mass is 271 g/mol. The van der Waals surface area contributed by atoms with Crippen LogP contribution in [0.4, 0.5) is 0 Å². The fourth-order valence-corrected chi connectivity index (χ4v) is 5.42. The zero-order valence-corrected chi connectivity index (χ0v) is 11.5. The van der Waals surface area contributed by atoms with Crippen molar-refractivity contribution in [3.63, 3.8) is 0 Å². The third-order valence-corrected chi connectivity index (χ3v) is 6.68. The fraction of sp³-hybridized carbons (Fsp3) is 1.00. The molecule has 0 aromatic carbocycles. The lowest BCUT2D eigenvalue weighted by molar-refractivity contribution is 0.275. The molecule has 1 heterocycles. The van der Waals surface area contributed by atoms with Crippen LogP contribution in [0.3, 0.4) is 0 Å². The predicted octanol–water partition coefficient (Wildman–Crippen LogP) is 2.64. The van der Waals surface area contributed by atoms with E-state index in [0.717, 1.165) is 51.4 Å². The summed E-state index contributed by atoms with van der Waals surface area (Å²) >= 11 is 0. The van der Waals surface area contributed by atoms with Crippen molar-refractivity contribution in [2.75, 3.05) is 0 Å². The highest BCUT2D eigenvalue weighted by atomic mass is 32.2. The highest BCUT2D eigenvalue weighted by molar-refractivity contribution is 7.89. The van der Waals surface area contributed by atoms with Gasteiger partial charge < -0.3 is 0 Å². The second-order valence-corrected chi connectivity index (χ2v) is 7.77. The van der Waals surface area contributed by atoms with Crippen LogP contribution in [0.5, 0.6) is 0 Å². The molecule has 1 aliphatic heterocycles. The van der Waals surface area contributed by atoms with Crippen LogP contribution in [0.2, 0.25) is 0 Å². The van der Waals surface area contributed by atoms with Crippen molar-refractivity contribution in [3.05, 3.63) is 0 Å². The summed E-state index contributed by atoms with van der Waals surface area (Å²) in [4.78, 5) is 0. The van der Waals surface area contributed by atoms with Gasteiger partial charge in [0.05, 0.1) is 17.3 Å². The zero-order chi connectivity index (χ0) is 12.6. The quantitative estimate of drug-likeness (QED) is 0.775. The number of hydrogen-bond acceptors (Lipinski definition) is 4. The third-order valence-electron chi connectivity index (χ3n) is 4.50. The Labute approximate surface area is 109 Å². The average molecular weight is 271 g/mol. The first-order chi connectivity index (χ1) is 8.69. The minimum absolute atomic E-state index is 0.0191. The SMILES string of the molecule is O=S(=O)(C1CCCCC1)N1N=N[C@@H]2CCCC[C@H]21. The van der Waals surface area contributed by atoms with E-state index in [0.29, 0.717) is 0 Å². The van der Waals surface area contributed by atoms with Gasteiger partial charge in [0, 0.05) is 0 Å². The van der Waals surface area contributed by atoms with E-state index in [2.05, 4.69) is 10.3 Å². The van der Waals surface area contributed by atoms with E-state index in [9.17, 15) is 8.42 Å². The Kier molecular flexibility index (Phi) is 3.30. The van der Waals surface area contributed by atoms with E-state index in [1.54, 1.807) is 0 Å². The molecule has 18 heavy (non-hydrogen) atoms.